The van der Waals surface area contributed by atoms with Crippen LogP contribution in [0.1, 0.15) is 43.7 Å². The Labute approximate surface area is 80.2 Å². The normalized spacial score (nSPS) is 10.6. The molecule has 0 fully saturated rings. The van der Waals surface area contributed by atoms with Crippen LogP contribution in [0.4, 0.5) is 0 Å². The van der Waals surface area contributed by atoms with Gasteiger partial charge in [-0.25, -0.2) is 4.73 Å². The minimum Gasteiger partial charge on any atom is -0.429 e. The molecule has 0 spiro atoms. The topological polar surface area (TPSA) is 25.2 Å². The second kappa shape index (κ2) is 4.95. The fourth-order valence-corrected chi connectivity index (χ4v) is 1.58. The number of hydrogen-bond donors (Lipinski definition) is 1. The van der Waals surface area contributed by atoms with Crippen LogP contribution in [-0.2, 0) is 6.42 Å². The summed E-state index contributed by atoms with van der Waals surface area (Å²) in [6.07, 6.45) is 9.79. The Balaban J connectivity index is 2.32. The molecule has 0 saturated heterocycles. The van der Waals surface area contributed by atoms with Crippen molar-refractivity contribution in [3.8, 4) is 0 Å². The average molecular weight is 181 g/mol. The van der Waals surface area contributed by atoms with Crippen molar-refractivity contribution in [2.75, 3.05) is 0 Å². The number of rotatable bonds is 5. The van der Waals surface area contributed by atoms with Gasteiger partial charge in [-0.15, -0.1) is 0 Å². The Morgan fingerprint density at radius 1 is 1.23 bits per heavy atom. The molecule has 1 rings (SSSR count). The van der Waals surface area contributed by atoms with E-state index in [0.29, 0.717) is 0 Å². The highest BCUT2D eigenvalue weighted by Crippen LogP contribution is 2.12. The van der Waals surface area contributed by atoms with Crippen LogP contribution in [0.15, 0.2) is 12.4 Å². The summed E-state index contributed by atoms with van der Waals surface area (Å²) < 4.78 is 1.16. The van der Waals surface area contributed by atoms with Crippen molar-refractivity contribution in [2.45, 2.75) is 46.0 Å². The smallest absolute Gasteiger partial charge is 0.0466 e. The average Bonchev–Trinajstić information content (AvgIpc) is 2.39. The SMILES string of the molecule is CCCCCCc1cn(O)cc1C. The molecule has 0 aliphatic heterocycles. The van der Waals surface area contributed by atoms with Gasteiger partial charge in [-0.1, -0.05) is 26.2 Å². The zero-order valence-electron chi connectivity index (χ0n) is 8.58. The summed E-state index contributed by atoms with van der Waals surface area (Å²) in [7, 11) is 0. The summed E-state index contributed by atoms with van der Waals surface area (Å²) >= 11 is 0. The van der Waals surface area contributed by atoms with Gasteiger partial charge in [-0.3, -0.25) is 0 Å². The van der Waals surface area contributed by atoms with E-state index in [-0.39, 0.29) is 0 Å². The lowest BCUT2D eigenvalue weighted by molar-refractivity contribution is 0.187. The highest BCUT2D eigenvalue weighted by Gasteiger charge is 2.01. The maximum Gasteiger partial charge on any atom is 0.0466 e. The molecule has 0 radical (unpaired) electrons. The van der Waals surface area contributed by atoms with Crippen LogP contribution in [0, 0.1) is 6.92 Å². The van der Waals surface area contributed by atoms with Crippen molar-refractivity contribution in [2.24, 2.45) is 0 Å². The van der Waals surface area contributed by atoms with Gasteiger partial charge in [-0.05, 0) is 30.9 Å². The Kier molecular flexibility index (Phi) is 3.87. The summed E-state index contributed by atoms with van der Waals surface area (Å²) in [5.41, 5.74) is 2.47. The first-order chi connectivity index (χ1) is 6.24. The predicted octanol–water partition coefficient (Wildman–Crippen LogP) is 3.16. The summed E-state index contributed by atoms with van der Waals surface area (Å²) in [6.45, 7) is 4.26. The first-order valence-corrected chi connectivity index (χ1v) is 5.10. The van der Waals surface area contributed by atoms with Crippen molar-refractivity contribution >= 4 is 0 Å². The molecule has 1 aromatic rings. The monoisotopic (exact) mass is 181 g/mol. The van der Waals surface area contributed by atoms with Gasteiger partial charge in [0, 0.05) is 12.4 Å². The van der Waals surface area contributed by atoms with Crippen LogP contribution in [0.2, 0.25) is 0 Å². The van der Waals surface area contributed by atoms with Gasteiger partial charge in [0.25, 0.3) is 0 Å². The molecular weight excluding hydrogens is 162 g/mol. The zero-order valence-corrected chi connectivity index (χ0v) is 8.58. The molecule has 0 aliphatic rings. The van der Waals surface area contributed by atoms with Crippen LogP contribution in [-0.4, -0.2) is 9.94 Å². The van der Waals surface area contributed by atoms with Crippen molar-refractivity contribution in [1.29, 1.82) is 0 Å². The first-order valence-electron chi connectivity index (χ1n) is 5.10. The minimum absolute atomic E-state index is 1.10. The molecule has 1 aromatic heterocycles. The lowest BCUT2D eigenvalue weighted by Crippen LogP contribution is -1.86. The molecule has 2 heteroatoms. The third-order valence-corrected chi connectivity index (χ3v) is 2.42. The maximum absolute atomic E-state index is 9.15. The molecule has 0 saturated carbocycles. The van der Waals surface area contributed by atoms with Gasteiger partial charge in [-0.2, -0.15) is 0 Å². The molecule has 0 aliphatic carbocycles. The molecule has 1 heterocycles. The van der Waals surface area contributed by atoms with Crippen LogP contribution in [0.25, 0.3) is 0 Å². The summed E-state index contributed by atoms with van der Waals surface area (Å²) in [5, 5.41) is 9.15. The molecular formula is C11H19NO. The standard InChI is InChI=1S/C11H19NO/c1-3-4-5-6-7-11-9-12(13)8-10(11)2/h8-9,13H,3-7H2,1-2H3. The maximum atomic E-state index is 9.15. The lowest BCUT2D eigenvalue weighted by Gasteiger charge is -1.98. The Morgan fingerprint density at radius 2 is 2.00 bits per heavy atom. The zero-order chi connectivity index (χ0) is 9.68. The number of nitrogens with zero attached hydrogens (tertiary/aromatic N) is 1. The highest BCUT2D eigenvalue weighted by molar-refractivity contribution is 5.21. The van der Waals surface area contributed by atoms with E-state index in [1.807, 2.05) is 6.92 Å². The fraction of sp³-hybridized carbons (Fsp3) is 0.636. The Morgan fingerprint density at radius 3 is 2.54 bits per heavy atom. The van der Waals surface area contributed by atoms with E-state index in [2.05, 4.69) is 6.92 Å². The number of unbranched alkanes of at least 4 members (excludes halogenated alkanes) is 3. The quantitative estimate of drug-likeness (QED) is 0.548. The molecule has 0 unspecified atom stereocenters. The van der Waals surface area contributed by atoms with E-state index >= 15 is 0 Å². The third kappa shape index (κ3) is 3.13. The van der Waals surface area contributed by atoms with Gasteiger partial charge >= 0.3 is 0 Å². The summed E-state index contributed by atoms with van der Waals surface area (Å²) in [4.78, 5) is 0. The van der Waals surface area contributed by atoms with Gasteiger partial charge in [0.05, 0.1) is 0 Å². The molecule has 13 heavy (non-hydrogen) atoms. The second-order valence-corrected chi connectivity index (χ2v) is 3.66. The van der Waals surface area contributed by atoms with Crippen LogP contribution < -0.4 is 0 Å². The summed E-state index contributed by atoms with van der Waals surface area (Å²) in [6, 6.07) is 0. The molecule has 0 atom stereocenters. The van der Waals surface area contributed by atoms with E-state index < -0.39 is 0 Å². The molecule has 1 N–H and O–H groups in total. The van der Waals surface area contributed by atoms with E-state index in [1.54, 1.807) is 12.4 Å². The molecule has 0 amide bonds. The molecule has 0 bridgehead atoms. The van der Waals surface area contributed by atoms with E-state index in [1.165, 1.54) is 36.8 Å². The van der Waals surface area contributed by atoms with Crippen molar-refractivity contribution < 1.29 is 5.21 Å². The number of aryl methyl sites for hydroxylation is 2. The fourth-order valence-electron chi connectivity index (χ4n) is 1.58. The summed E-state index contributed by atoms with van der Waals surface area (Å²) in [5.74, 6) is 0. The molecule has 2 nitrogen and oxygen atoms in total. The molecule has 0 aromatic carbocycles. The lowest BCUT2D eigenvalue weighted by atomic mass is 10.1. The van der Waals surface area contributed by atoms with Gasteiger partial charge in [0.15, 0.2) is 0 Å². The van der Waals surface area contributed by atoms with Crippen LogP contribution in [0.5, 0.6) is 0 Å². The van der Waals surface area contributed by atoms with Crippen molar-refractivity contribution in [3.05, 3.63) is 23.5 Å². The number of aromatic nitrogens is 1. The Bertz CT molecular complexity index is 253. The van der Waals surface area contributed by atoms with E-state index in [9.17, 15) is 0 Å². The predicted molar refractivity (Wildman–Crippen MR) is 54.2 cm³/mol. The van der Waals surface area contributed by atoms with E-state index in [0.717, 1.165) is 11.2 Å². The van der Waals surface area contributed by atoms with Crippen molar-refractivity contribution in [1.82, 2.24) is 4.73 Å². The first kappa shape index (κ1) is 10.2. The second-order valence-electron chi connectivity index (χ2n) is 3.66. The third-order valence-electron chi connectivity index (χ3n) is 2.42. The molecule has 74 valence electrons. The van der Waals surface area contributed by atoms with Gasteiger partial charge in [0.2, 0.25) is 0 Å². The highest BCUT2D eigenvalue weighted by atomic mass is 16.5. The van der Waals surface area contributed by atoms with Gasteiger partial charge in [0.1, 0.15) is 0 Å². The van der Waals surface area contributed by atoms with Crippen molar-refractivity contribution in [3.63, 3.8) is 0 Å². The van der Waals surface area contributed by atoms with Crippen LogP contribution in [0.3, 0.4) is 0 Å². The minimum atomic E-state index is 1.10. The van der Waals surface area contributed by atoms with E-state index in [4.69, 9.17) is 5.21 Å². The van der Waals surface area contributed by atoms with Crippen LogP contribution >= 0.6 is 0 Å². The van der Waals surface area contributed by atoms with Gasteiger partial charge < -0.3 is 5.21 Å². The largest absolute Gasteiger partial charge is 0.429 e. The number of hydrogen-bond acceptors (Lipinski definition) is 1. The Hall–Kier alpha value is -0.920.